The molecule has 2 fully saturated rings. The van der Waals surface area contributed by atoms with Gasteiger partial charge in [-0.3, -0.25) is 0 Å². The second-order valence-corrected chi connectivity index (χ2v) is 8.04. The van der Waals surface area contributed by atoms with Crippen LogP contribution in [0, 0.1) is 11.8 Å². The molecule has 1 spiro atoms. The number of rotatable bonds is 1. The van der Waals surface area contributed by atoms with Gasteiger partial charge in [0.05, 0.1) is 11.7 Å². The molecule has 1 N–H and O–H groups in total. The lowest BCUT2D eigenvalue weighted by Gasteiger charge is -2.43. The van der Waals surface area contributed by atoms with E-state index >= 15 is 0 Å². The largest absolute Gasteiger partial charge is 0.388 e. The lowest BCUT2D eigenvalue weighted by molar-refractivity contribution is -0.102. The highest BCUT2D eigenvalue weighted by molar-refractivity contribution is 7.99. The molecule has 2 aliphatic heterocycles. The summed E-state index contributed by atoms with van der Waals surface area (Å²) in [6.45, 7) is 0.885. The molecule has 0 saturated carbocycles. The van der Waals surface area contributed by atoms with Crippen LogP contribution in [0.3, 0.4) is 0 Å². The molecular formula is C18H24O2S. The summed E-state index contributed by atoms with van der Waals surface area (Å²) >= 11 is 2.03. The number of aryl methyl sites for hydroxylation is 1. The molecule has 3 heteroatoms. The Hall–Kier alpha value is -0.510. The number of aliphatic hydroxyl groups is 1. The quantitative estimate of drug-likeness (QED) is 0.860. The number of thioether (sulfide) groups is 1. The molecule has 0 radical (unpaired) electrons. The Morgan fingerprint density at radius 1 is 1.24 bits per heavy atom. The average Bonchev–Trinajstić information content (AvgIpc) is 2.96. The smallest absolute Gasteiger partial charge is 0.0823 e. The van der Waals surface area contributed by atoms with E-state index in [-0.39, 0.29) is 11.7 Å². The summed E-state index contributed by atoms with van der Waals surface area (Å²) in [6, 6.07) is 8.44. The van der Waals surface area contributed by atoms with Gasteiger partial charge in [0.2, 0.25) is 0 Å². The maximum absolute atomic E-state index is 10.9. The van der Waals surface area contributed by atoms with Crippen LogP contribution in [0.4, 0.5) is 0 Å². The van der Waals surface area contributed by atoms with Crippen LogP contribution in [0.15, 0.2) is 24.3 Å². The molecule has 2 saturated heterocycles. The molecule has 4 atom stereocenters. The van der Waals surface area contributed by atoms with Crippen LogP contribution in [-0.2, 0) is 11.2 Å². The third-order valence-corrected chi connectivity index (χ3v) is 6.95. The summed E-state index contributed by atoms with van der Waals surface area (Å²) in [5.74, 6) is 3.44. The van der Waals surface area contributed by atoms with E-state index in [0.29, 0.717) is 11.8 Å². The van der Waals surface area contributed by atoms with Gasteiger partial charge in [-0.2, -0.15) is 11.8 Å². The predicted octanol–water partition coefficient (Wildman–Crippen LogP) is 3.58. The second-order valence-electron chi connectivity index (χ2n) is 6.93. The van der Waals surface area contributed by atoms with Gasteiger partial charge in [-0.1, -0.05) is 24.3 Å². The van der Waals surface area contributed by atoms with Crippen molar-refractivity contribution in [2.45, 2.75) is 43.8 Å². The van der Waals surface area contributed by atoms with Gasteiger partial charge in [-0.05, 0) is 60.8 Å². The van der Waals surface area contributed by atoms with Crippen molar-refractivity contribution in [1.82, 2.24) is 0 Å². The Labute approximate surface area is 131 Å². The maximum Gasteiger partial charge on any atom is 0.0823 e. The molecule has 4 unspecified atom stereocenters. The fourth-order valence-corrected chi connectivity index (χ4v) is 5.93. The van der Waals surface area contributed by atoms with Crippen LogP contribution in [0.5, 0.6) is 0 Å². The zero-order valence-corrected chi connectivity index (χ0v) is 13.3. The van der Waals surface area contributed by atoms with Crippen LogP contribution in [0.2, 0.25) is 0 Å². The monoisotopic (exact) mass is 304 g/mol. The highest BCUT2D eigenvalue weighted by Gasteiger charge is 2.44. The van der Waals surface area contributed by atoms with Crippen LogP contribution in [0.1, 0.15) is 42.9 Å². The van der Waals surface area contributed by atoms with Crippen molar-refractivity contribution in [1.29, 1.82) is 0 Å². The molecule has 114 valence electrons. The van der Waals surface area contributed by atoms with E-state index in [9.17, 15) is 5.11 Å². The van der Waals surface area contributed by atoms with E-state index in [4.69, 9.17) is 4.74 Å². The zero-order chi connectivity index (χ0) is 14.3. The van der Waals surface area contributed by atoms with Crippen molar-refractivity contribution < 1.29 is 9.84 Å². The first-order valence-corrected chi connectivity index (χ1v) is 9.40. The highest BCUT2D eigenvalue weighted by Crippen LogP contribution is 2.47. The lowest BCUT2D eigenvalue weighted by Crippen LogP contribution is -2.43. The van der Waals surface area contributed by atoms with Crippen molar-refractivity contribution in [3.05, 3.63) is 35.4 Å². The minimum Gasteiger partial charge on any atom is -0.388 e. The van der Waals surface area contributed by atoms with Gasteiger partial charge in [0, 0.05) is 12.4 Å². The molecule has 0 bridgehead atoms. The van der Waals surface area contributed by atoms with Crippen molar-refractivity contribution in [3.63, 3.8) is 0 Å². The molecule has 0 amide bonds. The molecule has 2 heterocycles. The van der Waals surface area contributed by atoms with Gasteiger partial charge >= 0.3 is 0 Å². The van der Waals surface area contributed by atoms with Crippen LogP contribution in [0.25, 0.3) is 0 Å². The molecule has 1 aromatic rings. The van der Waals surface area contributed by atoms with Crippen molar-refractivity contribution in [2.24, 2.45) is 11.8 Å². The molecule has 4 rings (SSSR count). The molecule has 21 heavy (non-hydrogen) atoms. The number of hydrogen-bond donors (Lipinski definition) is 1. The lowest BCUT2D eigenvalue weighted by atomic mass is 9.69. The van der Waals surface area contributed by atoms with Gasteiger partial charge in [0.25, 0.3) is 0 Å². The number of aliphatic hydroxyl groups excluding tert-OH is 1. The van der Waals surface area contributed by atoms with Gasteiger partial charge in [0.1, 0.15) is 0 Å². The van der Waals surface area contributed by atoms with E-state index in [1.54, 1.807) is 0 Å². The minimum absolute atomic E-state index is 0.129. The molecule has 2 nitrogen and oxygen atoms in total. The molecule has 1 aromatic carbocycles. The zero-order valence-electron chi connectivity index (χ0n) is 12.5. The molecule has 3 aliphatic rings. The van der Waals surface area contributed by atoms with Gasteiger partial charge < -0.3 is 9.84 Å². The average molecular weight is 304 g/mol. The maximum atomic E-state index is 10.9. The fourth-order valence-electron chi connectivity index (χ4n) is 4.55. The van der Waals surface area contributed by atoms with Crippen molar-refractivity contribution in [3.8, 4) is 0 Å². The topological polar surface area (TPSA) is 29.5 Å². The Balaban J connectivity index is 1.54. The standard InChI is InChI=1S/C18H24O2S/c19-17-15-4-2-1-3-13(15)5-6-16(17)14-7-9-20-18(11-14)8-10-21-12-18/h1-4,14,16-17,19H,5-12H2. The Bertz CT molecular complexity index is 510. The molecule has 1 aliphatic carbocycles. The number of fused-ring (bicyclic) bond motifs is 1. The van der Waals surface area contributed by atoms with Gasteiger partial charge in [0.15, 0.2) is 0 Å². The summed E-state index contributed by atoms with van der Waals surface area (Å²) in [6.07, 6.45) is 5.46. The van der Waals surface area contributed by atoms with E-state index in [2.05, 4.69) is 24.3 Å². The summed E-state index contributed by atoms with van der Waals surface area (Å²) in [4.78, 5) is 0. The summed E-state index contributed by atoms with van der Waals surface area (Å²) < 4.78 is 6.15. The highest BCUT2D eigenvalue weighted by atomic mass is 32.2. The minimum atomic E-state index is -0.274. The Morgan fingerprint density at radius 3 is 3.00 bits per heavy atom. The third-order valence-electron chi connectivity index (χ3n) is 5.73. The van der Waals surface area contributed by atoms with Crippen LogP contribution in [-0.4, -0.2) is 28.8 Å². The summed E-state index contributed by atoms with van der Waals surface area (Å²) in [5.41, 5.74) is 2.65. The summed E-state index contributed by atoms with van der Waals surface area (Å²) in [7, 11) is 0. The SMILES string of the molecule is OC1c2ccccc2CCC1C1CCOC2(CCSC2)C1. The van der Waals surface area contributed by atoms with E-state index in [1.165, 1.54) is 23.3 Å². The van der Waals surface area contributed by atoms with Gasteiger partial charge in [-0.25, -0.2) is 0 Å². The van der Waals surface area contributed by atoms with Crippen molar-refractivity contribution in [2.75, 3.05) is 18.1 Å². The second kappa shape index (κ2) is 5.60. The van der Waals surface area contributed by atoms with E-state index in [1.807, 2.05) is 11.8 Å². The normalized spacial score (nSPS) is 39.4. The Morgan fingerprint density at radius 2 is 2.14 bits per heavy atom. The van der Waals surface area contributed by atoms with E-state index in [0.717, 1.165) is 38.0 Å². The number of benzene rings is 1. The first kappa shape index (κ1) is 14.1. The van der Waals surface area contributed by atoms with Gasteiger partial charge in [-0.15, -0.1) is 0 Å². The summed E-state index contributed by atoms with van der Waals surface area (Å²) in [5, 5.41) is 10.9. The molecular weight excluding hydrogens is 280 g/mol. The first-order valence-electron chi connectivity index (χ1n) is 8.25. The fraction of sp³-hybridized carbons (Fsp3) is 0.667. The van der Waals surface area contributed by atoms with Crippen LogP contribution < -0.4 is 0 Å². The van der Waals surface area contributed by atoms with E-state index < -0.39 is 0 Å². The predicted molar refractivity (Wildman–Crippen MR) is 86.6 cm³/mol. The Kier molecular flexibility index (Phi) is 3.76. The first-order chi connectivity index (χ1) is 10.3. The molecule has 0 aromatic heterocycles. The number of ether oxygens (including phenoxy) is 1. The number of hydrogen-bond acceptors (Lipinski definition) is 3. The third kappa shape index (κ3) is 2.54. The van der Waals surface area contributed by atoms with Crippen molar-refractivity contribution >= 4 is 11.8 Å². The van der Waals surface area contributed by atoms with Crippen LogP contribution >= 0.6 is 11.8 Å².